The van der Waals surface area contributed by atoms with E-state index in [9.17, 15) is 14.7 Å². The van der Waals surface area contributed by atoms with Gasteiger partial charge in [-0.15, -0.1) is 0 Å². The van der Waals surface area contributed by atoms with Crippen molar-refractivity contribution in [1.82, 2.24) is 0 Å². The van der Waals surface area contributed by atoms with Crippen LogP contribution in [0.25, 0.3) is 10.8 Å². The van der Waals surface area contributed by atoms with Crippen molar-refractivity contribution in [3.8, 4) is 17.2 Å². The van der Waals surface area contributed by atoms with Gasteiger partial charge in [-0.05, 0) is 37.8 Å². The minimum atomic E-state index is -1.75. The Labute approximate surface area is 223 Å². The topological polar surface area (TPSA) is 132 Å². The van der Waals surface area contributed by atoms with Gasteiger partial charge in [0.2, 0.25) is 11.9 Å². The van der Waals surface area contributed by atoms with Gasteiger partial charge in [0, 0.05) is 29.9 Å². The van der Waals surface area contributed by atoms with Crippen LogP contribution in [-0.2, 0) is 39.6 Å². The fourth-order valence-electron chi connectivity index (χ4n) is 7.37. The lowest BCUT2D eigenvalue weighted by Crippen LogP contribution is -2.71. The molecule has 3 unspecified atom stereocenters. The number of hydrogen-bond donors (Lipinski definition) is 1. The number of methoxy groups -OCH3 is 1. The summed E-state index contributed by atoms with van der Waals surface area (Å²) in [6.45, 7) is 4.18. The van der Waals surface area contributed by atoms with E-state index >= 15 is 0 Å². The number of epoxide rings is 1. The molecule has 0 aromatic heterocycles. The molecule has 0 saturated carbocycles. The molecule has 8 rings (SSSR count). The number of ether oxygens (including phenoxy) is 8. The van der Waals surface area contributed by atoms with Crippen LogP contribution in [0.3, 0.4) is 0 Å². The second-order valence-electron chi connectivity index (χ2n) is 11.0. The number of benzene rings is 2. The fourth-order valence-corrected chi connectivity index (χ4v) is 7.37. The highest BCUT2D eigenvalue weighted by Crippen LogP contribution is 2.72. The highest BCUT2D eigenvalue weighted by Gasteiger charge is 2.94. The van der Waals surface area contributed by atoms with Gasteiger partial charge in [-0.1, -0.05) is 0 Å². The Balaban J connectivity index is 1.41. The van der Waals surface area contributed by atoms with Crippen molar-refractivity contribution in [1.29, 1.82) is 0 Å². The van der Waals surface area contributed by atoms with Crippen LogP contribution in [0.2, 0.25) is 0 Å². The largest absolute Gasteiger partial charge is 0.506 e. The molecule has 4 fully saturated rings. The quantitative estimate of drug-likeness (QED) is 0.455. The van der Waals surface area contributed by atoms with Gasteiger partial charge < -0.3 is 43.0 Å². The van der Waals surface area contributed by atoms with Crippen LogP contribution in [0, 0.1) is 6.92 Å². The molecule has 39 heavy (non-hydrogen) atoms. The first-order chi connectivity index (χ1) is 18.8. The second-order valence-corrected chi connectivity index (χ2v) is 11.0. The summed E-state index contributed by atoms with van der Waals surface area (Å²) in [5.74, 6) is -3.49. The second kappa shape index (κ2) is 7.61. The number of phenolic OH excluding ortho intramolecular Hbond substituents is 1. The first-order valence-electron chi connectivity index (χ1n) is 13.3. The van der Waals surface area contributed by atoms with E-state index in [1.165, 1.54) is 6.92 Å². The summed E-state index contributed by atoms with van der Waals surface area (Å²) in [4.78, 5) is 25.6. The van der Waals surface area contributed by atoms with E-state index in [4.69, 9.17) is 37.9 Å². The van der Waals surface area contributed by atoms with Crippen molar-refractivity contribution in [2.45, 2.75) is 75.2 Å². The minimum absolute atomic E-state index is 0.106. The summed E-state index contributed by atoms with van der Waals surface area (Å²) in [5, 5.41) is 12.5. The van der Waals surface area contributed by atoms with Gasteiger partial charge in [0.1, 0.15) is 23.4 Å². The Morgan fingerprint density at radius 2 is 1.92 bits per heavy atom. The number of Topliss-reactive ketones (excluding diaryl/α,β-unsaturated/α-hetero) is 1. The Morgan fingerprint density at radius 3 is 2.62 bits per heavy atom. The van der Waals surface area contributed by atoms with Gasteiger partial charge in [-0.2, -0.15) is 0 Å². The van der Waals surface area contributed by atoms with Crippen LogP contribution in [-0.4, -0.2) is 73.4 Å². The Kier molecular flexibility index (Phi) is 4.66. The number of hydrogen-bond acceptors (Lipinski definition) is 11. The molecule has 5 heterocycles. The number of aryl methyl sites for hydroxylation is 1. The number of carbonyl (C=O) groups is 2. The highest BCUT2D eigenvalue weighted by atomic mass is 16.9. The van der Waals surface area contributed by atoms with Crippen molar-refractivity contribution in [2.75, 3.05) is 26.9 Å². The molecule has 6 aliphatic rings. The minimum Gasteiger partial charge on any atom is -0.506 e. The molecule has 2 aromatic rings. The zero-order valence-electron chi connectivity index (χ0n) is 21.8. The van der Waals surface area contributed by atoms with E-state index in [0.29, 0.717) is 60.1 Å². The lowest BCUT2D eigenvalue weighted by Gasteiger charge is -2.49. The average molecular weight is 541 g/mol. The summed E-state index contributed by atoms with van der Waals surface area (Å²) in [7, 11) is 1.54. The molecular formula is C28H28O11. The predicted octanol–water partition coefficient (Wildman–Crippen LogP) is 2.73. The highest BCUT2D eigenvalue weighted by molar-refractivity contribution is 6.11. The van der Waals surface area contributed by atoms with Crippen LogP contribution in [0.1, 0.15) is 59.3 Å². The van der Waals surface area contributed by atoms with Crippen molar-refractivity contribution in [3.63, 3.8) is 0 Å². The first kappa shape index (κ1) is 23.9. The van der Waals surface area contributed by atoms with Crippen LogP contribution in [0.4, 0.5) is 0 Å². The molecule has 5 aliphatic heterocycles. The van der Waals surface area contributed by atoms with Crippen LogP contribution < -0.4 is 9.47 Å². The third kappa shape index (κ3) is 2.65. The number of carbonyl (C=O) groups excluding carboxylic acids is 2. The smallest absolute Gasteiger partial charge is 0.320 e. The van der Waals surface area contributed by atoms with Crippen LogP contribution >= 0.6 is 0 Å². The van der Waals surface area contributed by atoms with Crippen molar-refractivity contribution >= 4 is 22.5 Å². The Hall–Kier alpha value is -2.96. The molecule has 0 amide bonds. The summed E-state index contributed by atoms with van der Waals surface area (Å²) in [5.41, 5.74) is 0.951. The maximum absolute atomic E-state index is 13.0. The molecule has 0 radical (unpaired) electrons. The third-order valence-electron chi connectivity index (χ3n) is 8.92. The monoisotopic (exact) mass is 540 g/mol. The zero-order valence-corrected chi connectivity index (χ0v) is 21.8. The van der Waals surface area contributed by atoms with Gasteiger partial charge in [0.05, 0.1) is 37.9 Å². The standard InChI is InChI=1S/C28H28O11/c1-12-10-15-19(20(31)18-14(21(15)32-3)6-4-7-16(18)30)22-17(12)23-24-27(37-22,36-13(2)29)26(11-35-26)28(38-23,39-24)25-33-8-5-9-34-25/h10,23-25,31H,4-9,11H2,1-3H3/t23?,24?,26-,27+,28?/m0/s1. The first-order valence-corrected chi connectivity index (χ1v) is 13.3. The summed E-state index contributed by atoms with van der Waals surface area (Å²) < 4.78 is 49.7. The predicted molar refractivity (Wildman–Crippen MR) is 130 cm³/mol. The molecule has 1 N–H and O–H groups in total. The number of fused-ring (bicyclic) bond motifs is 8. The van der Waals surface area contributed by atoms with E-state index < -0.39 is 41.6 Å². The lowest BCUT2D eigenvalue weighted by molar-refractivity contribution is -0.363. The third-order valence-corrected chi connectivity index (χ3v) is 8.92. The van der Waals surface area contributed by atoms with E-state index in [2.05, 4.69) is 0 Å². The number of ketones is 1. The summed E-state index contributed by atoms with van der Waals surface area (Å²) >= 11 is 0. The zero-order chi connectivity index (χ0) is 26.9. The molecule has 206 valence electrons. The van der Waals surface area contributed by atoms with Gasteiger partial charge >= 0.3 is 11.8 Å². The number of phenols is 1. The Bertz CT molecular complexity index is 1470. The maximum atomic E-state index is 13.0. The lowest BCUT2D eigenvalue weighted by atomic mass is 9.78. The molecule has 2 aromatic carbocycles. The summed E-state index contributed by atoms with van der Waals surface area (Å²) in [6, 6.07) is 1.90. The average Bonchev–Trinajstić information content (AvgIpc) is 3.57. The number of esters is 1. The Morgan fingerprint density at radius 1 is 1.15 bits per heavy atom. The van der Waals surface area contributed by atoms with E-state index in [1.54, 1.807) is 7.11 Å². The molecule has 11 nitrogen and oxygen atoms in total. The molecule has 5 atom stereocenters. The fraction of sp³-hybridized carbons (Fsp3) is 0.571. The van der Waals surface area contributed by atoms with Crippen LogP contribution in [0.5, 0.6) is 17.2 Å². The van der Waals surface area contributed by atoms with Gasteiger partial charge in [-0.3, -0.25) is 9.59 Å². The van der Waals surface area contributed by atoms with E-state index in [-0.39, 0.29) is 29.5 Å². The maximum Gasteiger partial charge on any atom is 0.320 e. The number of aromatic hydroxyl groups is 1. The van der Waals surface area contributed by atoms with Gasteiger partial charge in [-0.25, -0.2) is 0 Å². The number of rotatable bonds is 3. The molecule has 11 heteroatoms. The molecular weight excluding hydrogens is 512 g/mol. The normalized spacial score (nSPS) is 36.0. The molecule has 2 bridgehead atoms. The van der Waals surface area contributed by atoms with E-state index in [0.717, 1.165) is 12.0 Å². The molecule has 1 aliphatic carbocycles. The van der Waals surface area contributed by atoms with E-state index in [1.807, 2.05) is 13.0 Å². The SMILES string of the molecule is COc1c2c(c(O)c3c4c(c(C)cc13)C1OC3(C5OCCCO5)OC1[C@@](OC(C)=O)(O4)[C@@]31CO1)C(=O)CCC2. The molecule has 4 saturated heterocycles. The van der Waals surface area contributed by atoms with Crippen molar-refractivity contribution in [2.24, 2.45) is 0 Å². The molecule has 1 spiro atoms. The van der Waals surface area contributed by atoms with Crippen LogP contribution in [0.15, 0.2) is 6.07 Å². The van der Waals surface area contributed by atoms with Gasteiger partial charge in [0.15, 0.2) is 11.9 Å². The summed E-state index contributed by atoms with van der Waals surface area (Å²) in [6.07, 6.45) is -0.275. The van der Waals surface area contributed by atoms with Crippen molar-refractivity contribution in [3.05, 3.63) is 28.3 Å². The van der Waals surface area contributed by atoms with Crippen molar-refractivity contribution < 1.29 is 52.6 Å². The van der Waals surface area contributed by atoms with Gasteiger partial charge in [0.25, 0.3) is 5.79 Å².